The van der Waals surface area contributed by atoms with E-state index in [2.05, 4.69) is 145 Å². The van der Waals surface area contributed by atoms with E-state index in [9.17, 15) is 0 Å². The Labute approximate surface area is 298 Å². The molecule has 2 N–H and O–H groups in total. The summed E-state index contributed by atoms with van der Waals surface area (Å²) in [5, 5.41) is 4.75. The molecule has 0 amide bonds. The largest absolute Gasteiger partial charge is 0.339 e. The lowest BCUT2D eigenvalue weighted by molar-refractivity contribution is 1.05. The van der Waals surface area contributed by atoms with Crippen LogP contribution in [-0.4, -0.2) is 20.8 Å². The minimum Gasteiger partial charge on any atom is -0.339 e. The molecule has 51 heavy (non-hydrogen) atoms. The summed E-state index contributed by atoms with van der Waals surface area (Å²) in [6.45, 7) is 4.60. The van der Waals surface area contributed by atoms with Gasteiger partial charge in [0.1, 0.15) is 0 Å². The maximum absolute atomic E-state index is 6.65. The van der Waals surface area contributed by atoms with Crippen LogP contribution in [0.15, 0.2) is 174 Å². The van der Waals surface area contributed by atoms with Crippen molar-refractivity contribution in [1.29, 1.82) is 0 Å². The Morgan fingerprint density at radius 1 is 0.608 bits per heavy atom. The van der Waals surface area contributed by atoms with Crippen LogP contribution < -0.4 is 5.84 Å². The van der Waals surface area contributed by atoms with E-state index in [1.54, 1.807) is 0 Å². The van der Waals surface area contributed by atoms with Gasteiger partial charge in [0.2, 0.25) is 0 Å². The number of nitrogen functional groups attached to an aromatic ring is 1. The molecule has 0 radical (unpaired) electrons. The Balaban J connectivity index is 1.13. The summed E-state index contributed by atoms with van der Waals surface area (Å²) in [7, 11) is 0. The number of aromatic nitrogens is 2. The summed E-state index contributed by atoms with van der Waals surface area (Å²) in [4.78, 5) is 10.1. The molecule has 0 spiro atoms. The SMILES string of the molecule is C/C=C\C=C/Cc1cccc(/C(C)=N/C(=N\Cc2ccc(-n3c4ccccc4c4cc5c6ccccc6n(N)c5cc43)cc2)c2ccccc2)c1. The molecule has 0 fully saturated rings. The molecule has 8 rings (SSSR count). The average Bonchev–Trinajstić information content (AvgIpc) is 3.65. The van der Waals surface area contributed by atoms with Gasteiger partial charge in [-0.05, 0) is 79.4 Å². The van der Waals surface area contributed by atoms with Crippen LogP contribution in [0, 0.1) is 0 Å². The highest BCUT2D eigenvalue weighted by molar-refractivity contribution is 6.18. The van der Waals surface area contributed by atoms with Crippen LogP contribution in [0.2, 0.25) is 0 Å². The number of fused-ring (bicyclic) bond motifs is 6. The molecular formula is C46H39N5. The molecule has 0 aliphatic carbocycles. The highest BCUT2D eigenvalue weighted by Crippen LogP contribution is 2.37. The second-order valence-corrected chi connectivity index (χ2v) is 12.9. The van der Waals surface area contributed by atoms with Crippen LogP contribution in [-0.2, 0) is 13.0 Å². The summed E-state index contributed by atoms with van der Waals surface area (Å²) in [5.41, 5.74) is 10.8. The smallest absolute Gasteiger partial charge is 0.155 e. The van der Waals surface area contributed by atoms with E-state index < -0.39 is 0 Å². The van der Waals surface area contributed by atoms with Crippen molar-refractivity contribution in [3.05, 3.63) is 186 Å². The first-order valence-corrected chi connectivity index (χ1v) is 17.4. The fourth-order valence-corrected chi connectivity index (χ4v) is 6.97. The second kappa shape index (κ2) is 13.8. The zero-order valence-electron chi connectivity index (χ0n) is 28.9. The molecule has 0 atom stereocenters. The lowest BCUT2D eigenvalue weighted by Crippen LogP contribution is -2.06. The number of benzene rings is 6. The highest BCUT2D eigenvalue weighted by Gasteiger charge is 2.17. The van der Waals surface area contributed by atoms with Crippen molar-refractivity contribution in [2.24, 2.45) is 9.98 Å². The molecule has 6 aromatic carbocycles. The van der Waals surface area contributed by atoms with Crippen molar-refractivity contribution in [2.45, 2.75) is 26.8 Å². The standard InChI is InChI=1S/C46H39N5/c1-3-4-5-7-15-33-16-14-19-36(28-33)32(2)49-46(35-17-8-6-9-18-35)48-31-34-24-26-37(27-25-34)50-42-22-12-10-20-38(42)40-29-41-39-21-11-13-23-43(39)51(47)45(41)30-44(40)50/h3-14,16-30H,15,31,47H2,1-2H3/b4-3-,7-5-,48-46-,49-32+. The van der Waals surface area contributed by atoms with E-state index in [0.717, 1.165) is 73.2 Å². The van der Waals surface area contributed by atoms with Gasteiger partial charge in [-0.25, -0.2) is 4.99 Å². The fraction of sp³-hybridized carbons (Fsp3) is 0.0870. The van der Waals surface area contributed by atoms with E-state index in [1.165, 1.54) is 16.3 Å². The average molecular weight is 662 g/mol. The summed E-state index contributed by atoms with van der Waals surface area (Å²) in [6, 6.07) is 49.0. The number of amidine groups is 1. The van der Waals surface area contributed by atoms with Crippen LogP contribution in [0.5, 0.6) is 0 Å². The maximum Gasteiger partial charge on any atom is 0.155 e. The monoisotopic (exact) mass is 661 g/mol. The number of nitrogens with zero attached hydrogens (tertiary/aromatic N) is 4. The summed E-state index contributed by atoms with van der Waals surface area (Å²) < 4.78 is 4.14. The predicted molar refractivity (Wildman–Crippen MR) is 217 cm³/mol. The molecule has 5 heteroatoms. The predicted octanol–water partition coefficient (Wildman–Crippen LogP) is 10.7. The Bertz CT molecular complexity index is 2650. The summed E-state index contributed by atoms with van der Waals surface area (Å²) >= 11 is 0. The number of nitrogens with two attached hydrogens (primary N) is 1. The lowest BCUT2D eigenvalue weighted by atomic mass is 10.0. The van der Waals surface area contributed by atoms with Crippen molar-refractivity contribution in [2.75, 3.05) is 5.84 Å². The van der Waals surface area contributed by atoms with Gasteiger partial charge >= 0.3 is 0 Å². The van der Waals surface area contributed by atoms with Crippen LogP contribution in [0.3, 0.4) is 0 Å². The number of aliphatic imine (C=N–C) groups is 2. The molecule has 0 saturated heterocycles. The summed E-state index contributed by atoms with van der Waals surface area (Å²) in [5.74, 6) is 7.37. The van der Waals surface area contributed by atoms with Gasteiger partial charge in [0.15, 0.2) is 5.84 Å². The Kier molecular flexibility index (Phi) is 8.61. The molecule has 0 bridgehead atoms. The van der Waals surface area contributed by atoms with Gasteiger partial charge in [-0.15, -0.1) is 0 Å². The highest BCUT2D eigenvalue weighted by atomic mass is 15.3. The van der Waals surface area contributed by atoms with Gasteiger partial charge < -0.3 is 10.4 Å². The molecule has 0 unspecified atom stereocenters. The third-order valence-electron chi connectivity index (χ3n) is 9.55. The third-order valence-corrected chi connectivity index (χ3v) is 9.55. The minimum absolute atomic E-state index is 0.512. The normalized spacial score (nSPS) is 12.8. The number of hydrogen-bond acceptors (Lipinski definition) is 2. The number of hydrogen-bond donors (Lipinski definition) is 1. The first kappa shape index (κ1) is 31.8. The second-order valence-electron chi connectivity index (χ2n) is 12.9. The van der Waals surface area contributed by atoms with Crippen molar-refractivity contribution in [3.63, 3.8) is 0 Å². The number of para-hydroxylation sites is 2. The van der Waals surface area contributed by atoms with Gasteiger partial charge in [0.05, 0.1) is 28.6 Å². The molecule has 8 aromatic rings. The van der Waals surface area contributed by atoms with Gasteiger partial charge in [-0.2, -0.15) is 0 Å². The van der Waals surface area contributed by atoms with Crippen molar-refractivity contribution in [3.8, 4) is 5.69 Å². The van der Waals surface area contributed by atoms with Crippen molar-refractivity contribution in [1.82, 2.24) is 9.24 Å². The zero-order valence-corrected chi connectivity index (χ0v) is 28.9. The fourth-order valence-electron chi connectivity index (χ4n) is 6.97. The van der Waals surface area contributed by atoms with Crippen LogP contribution in [0.25, 0.3) is 49.3 Å². The zero-order chi connectivity index (χ0) is 34.7. The van der Waals surface area contributed by atoms with Gasteiger partial charge in [0, 0.05) is 38.5 Å². The Morgan fingerprint density at radius 2 is 1.29 bits per heavy atom. The molecule has 5 nitrogen and oxygen atoms in total. The molecule has 0 aliphatic heterocycles. The van der Waals surface area contributed by atoms with Crippen LogP contribution in [0.4, 0.5) is 0 Å². The Hall–Kier alpha value is -6.46. The quantitative estimate of drug-likeness (QED) is 0.0749. The molecule has 0 saturated carbocycles. The molecule has 248 valence electrons. The number of allylic oxidation sites excluding steroid dienone is 4. The molecule has 2 aromatic heterocycles. The topological polar surface area (TPSA) is 60.6 Å². The molecule has 0 aliphatic rings. The van der Waals surface area contributed by atoms with E-state index in [-0.39, 0.29) is 0 Å². The van der Waals surface area contributed by atoms with E-state index >= 15 is 0 Å². The first-order chi connectivity index (χ1) is 25.1. The van der Waals surface area contributed by atoms with E-state index in [4.69, 9.17) is 15.8 Å². The third kappa shape index (κ3) is 6.15. The van der Waals surface area contributed by atoms with E-state index in [1.807, 2.05) is 41.9 Å². The van der Waals surface area contributed by atoms with Crippen molar-refractivity contribution < 1.29 is 0 Å². The lowest BCUT2D eigenvalue weighted by Gasteiger charge is -2.10. The van der Waals surface area contributed by atoms with Gasteiger partial charge in [-0.3, -0.25) is 9.67 Å². The minimum atomic E-state index is 0.512. The molecule has 2 heterocycles. The van der Waals surface area contributed by atoms with Crippen molar-refractivity contribution >= 4 is 55.2 Å². The van der Waals surface area contributed by atoms with Crippen LogP contribution in [0.1, 0.15) is 36.1 Å². The van der Waals surface area contributed by atoms with E-state index in [0.29, 0.717) is 6.54 Å². The van der Waals surface area contributed by atoms with Gasteiger partial charge in [-0.1, -0.05) is 121 Å². The number of rotatable bonds is 8. The maximum atomic E-state index is 6.65. The Morgan fingerprint density at radius 3 is 2.08 bits per heavy atom. The van der Waals surface area contributed by atoms with Crippen LogP contribution >= 0.6 is 0 Å². The van der Waals surface area contributed by atoms with Gasteiger partial charge in [0.25, 0.3) is 0 Å². The first-order valence-electron chi connectivity index (χ1n) is 17.4. The summed E-state index contributed by atoms with van der Waals surface area (Å²) in [6.07, 6.45) is 9.22. The molecular weight excluding hydrogens is 623 g/mol.